The monoisotopic (exact) mass is 735 g/mol. The van der Waals surface area contributed by atoms with Crippen LogP contribution in [0.3, 0.4) is 0 Å². The second-order valence-electron chi connectivity index (χ2n) is 13.6. The van der Waals surface area contributed by atoms with Gasteiger partial charge < -0.3 is 4.42 Å². The molecule has 0 aliphatic carbocycles. The molecule has 6 nitrogen and oxygen atoms in total. The van der Waals surface area contributed by atoms with Gasteiger partial charge in [-0.3, -0.25) is 0 Å². The predicted molar refractivity (Wildman–Crippen MR) is 228 cm³/mol. The van der Waals surface area contributed by atoms with Crippen molar-refractivity contribution in [2.45, 2.75) is 0 Å². The van der Waals surface area contributed by atoms with Crippen LogP contribution in [0.25, 0.3) is 110 Å². The summed E-state index contributed by atoms with van der Waals surface area (Å²) in [5.74, 6) is 2.41. The molecule has 262 valence electrons. The van der Waals surface area contributed by atoms with Crippen molar-refractivity contribution < 1.29 is 4.42 Å². The molecule has 4 heterocycles. The van der Waals surface area contributed by atoms with Crippen LogP contribution in [0.15, 0.2) is 180 Å². The molecule has 4 aromatic heterocycles. The quantitative estimate of drug-likeness (QED) is 0.169. The highest BCUT2D eigenvalue weighted by molar-refractivity contribution is 7.26. The van der Waals surface area contributed by atoms with Gasteiger partial charge in [0.1, 0.15) is 11.2 Å². The van der Waals surface area contributed by atoms with E-state index < -0.39 is 0 Å². The normalized spacial score (nSPS) is 11.6. The third kappa shape index (κ3) is 5.52. The van der Waals surface area contributed by atoms with Crippen LogP contribution in [0.1, 0.15) is 0 Å². The molecular weight excluding hydrogens is 707 g/mol. The topological polar surface area (TPSA) is 77.6 Å². The fourth-order valence-electron chi connectivity index (χ4n) is 7.45. The summed E-state index contributed by atoms with van der Waals surface area (Å²) in [4.78, 5) is 25.7. The SMILES string of the molecule is c1ccc(-c2ccc(-c3nc(-c4ccccc4)nc(-c4cccc5oc6ccc(-c7nc(-c8ccccc8)c8sc9ccccc9c8n7)cc6c45)n3)cc2)cc1. The molecule has 0 fully saturated rings. The first kappa shape index (κ1) is 32.1. The largest absolute Gasteiger partial charge is 0.456 e. The minimum atomic E-state index is 0.563. The van der Waals surface area contributed by atoms with Crippen molar-refractivity contribution in [3.8, 4) is 67.9 Å². The Balaban J connectivity index is 1.09. The van der Waals surface area contributed by atoms with Crippen LogP contribution in [0, 0.1) is 0 Å². The van der Waals surface area contributed by atoms with Gasteiger partial charge in [0.25, 0.3) is 0 Å². The number of fused-ring (bicyclic) bond motifs is 6. The smallest absolute Gasteiger partial charge is 0.164 e. The highest BCUT2D eigenvalue weighted by Gasteiger charge is 2.21. The Morgan fingerprint density at radius 2 is 0.946 bits per heavy atom. The lowest BCUT2D eigenvalue weighted by Gasteiger charge is -2.10. The first-order valence-electron chi connectivity index (χ1n) is 18.4. The van der Waals surface area contributed by atoms with Gasteiger partial charge in [-0.15, -0.1) is 11.3 Å². The third-order valence-corrected chi connectivity index (χ3v) is 11.3. The first-order chi connectivity index (χ1) is 27.7. The van der Waals surface area contributed by atoms with E-state index >= 15 is 0 Å². The summed E-state index contributed by atoms with van der Waals surface area (Å²) in [6.07, 6.45) is 0. The van der Waals surface area contributed by atoms with E-state index in [1.165, 1.54) is 4.70 Å². The maximum Gasteiger partial charge on any atom is 0.164 e. The first-order valence-corrected chi connectivity index (χ1v) is 19.2. The Bertz CT molecular complexity index is 3230. The minimum absolute atomic E-state index is 0.563. The van der Waals surface area contributed by atoms with E-state index in [4.69, 9.17) is 29.3 Å². The highest BCUT2D eigenvalue weighted by atomic mass is 32.1. The zero-order chi connectivity index (χ0) is 37.0. The van der Waals surface area contributed by atoms with Gasteiger partial charge in [-0.25, -0.2) is 24.9 Å². The van der Waals surface area contributed by atoms with Crippen molar-refractivity contribution in [2.75, 3.05) is 0 Å². The number of thiophene rings is 1. The fraction of sp³-hybridized carbons (Fsp3) is 0. The maximum absolute atomic E-state index is 6.49. The Labute approximate surface area is 325 Å². The molecule has 56 heavy (non-hydrogen) atoms. The van der Waals surface area contributed by atoms with Crippen molar-refractivity contribution in [1.29, 1.82) is 0 Å². The van der Waals surface area contributed by atoms with Gasteiger partial charge in [-0.05, 0) is 41.5 Å². The van der Waals surface area contributed by atoms with E-state index in [0.717, 1.165) is 82.2 Å². The summed E-state index contributed by atoms with van der Waals surface area (Å²) in [6.45, 7) is 0. The van der Waals surface area contributed by atoms with Crippen molar-refractivity contribution >= 4 is 53.6 Å². The molecule has 0 radical (unpaired) electrons. The number of furan rings is 1. The molecule has 7 heteroatoms. The molecule has 7 aromatic carbocycles. The van der Waals surface area contributed by atoms with E-state index in [9.17, 15) is 0 Å². The fourth-order valence-corrected chi connectivity index (χ4v) is 8.60. The molecule has 11 aromatic rings. The molecule has 0 N–H and O–H groups in total. The molecule has 0 amide bonds. The Kier molecular flexibility index (Phi) is 7.57. The van der Waals surface area contributed by atoms with Gasteiger partial charge in [-0.1, -0.05) is 146 Å². The summed E-state index contributed by atoms with van der Waals surface area (Å²) in [5.41, 5.74) is 10.3. The summed E-state index contributed by atoms with van der Waals surface area (Å²) in [5, 5.41) is 2.98. The van der Waals surface area contributed by atoms with E-state index in [1.54, 1.807) is 11.3 Å². The number of hydrogen-bond acceptors (Lipinski definition) is 7. The van der Waals surface area contributed by atoms with Crippen LogP contribution in [0.4, 0.5) is 0 Å². The lowest BCUT2D eigenvalue weighted by Crippen LogP contribution is -2.00. The highest BCUT2D eigenvalue weighted by Crippen LogP contribution is 2.41. The number of benzene rings is 7. The van der Waals surface area contributed by atoms with Crippen molar-refractivity contribution in [3.05, 3.63) is 176 Å². The molecule has 0 bridgehead atoms. The summed E-state index contributed by atoms with van der Waals surface area (Å²) in [6, 6.07) is 59.8. The molecule has 11 rings (SSSR count). The summed E-state index contributed by atoms with van der Waals surface area (Å²) < 4.78 is 8.75. The van der Waals surface area contributed by atoms with E-state index in [2.05, 4.69) is 109 Å². The van der Waals surface area contributed by atoms with Crippen molar-refractivity contribution in [2.24, 2.45) is 0 Å². The van der Waals surface area contributed by atoms with Gasteiger partial charge in [0.05, 0.1) is 15.9 Å². The lowest BCUT2D eigenvalue weighted by atomic mass is 10.0. The molecule has 0 aliphatic rings. The van der Waals surface area contributed by atoms with Crippen molar-refractivity contribution in [3.63, 3.8) is 0 Å². The average molecular weight is 736 g/mol. The second kappa shape index (κ2) is 13.2. The maximum atomic E-state index is 6.49. The predicted octanol–water partition coefficient (Wildman–Crippen LogP) is 12.9. The number of nitrogens with zero attached hydrogens (tertiary/aromatic N) is 5. The molecule has 0 saturated heterocycles. The Morgan fingerprint density at radius 3 is 1.70 bits per heavy atom. The van der Waals surface area contributed by atoms with Crippen LogP contribution >= 0.6 is 11.3 Å². The van der Waals surface area contributed by atoms with Gasteiger partial charge in [-0.2, -0.15) is 0 Å². The van der Waals surface area contributed by atoms with Gasteiger partial charge >= 0.3 is 0 Å². The van der Waals surface area contributed by atoms with Crippen molar-refractivity contribution in [1.82, 2.24) is 24.9 Å². The van der Waals surface area contributed by atoms with Gasteiger partial charge in [0.15, 0.2) is 23.3 Å². The standard InChI is InChI=1S/C49H29N5OS/c1-4-13-30(14-5-1)31-23-25-34(26-24-31)47-52-46(33-17-8-3-9-18-33)53-49(54-47)37-20-12-21-40-42(37)38-29-35(27-28-39(38)55-40)48-50-43(32-15-6-2-7-16-32)45-44(51-48)36-19-10-11-22-41(36)56-45/h1-29H. The molecule has 0 atom stereocenters. The number of rotatable bonds is 6. The van der Waals surface area contributed by atoms with E-state index in [-0.39, 0.29) is 0 Å². The minimum Gasteiger partial charge on any atom is -0.456 e. The Morgan fingerprint density at radius 1 is 0.375 bits per heavy atom. The summed E-state index contributed by atoms with van der Waals surface area (Å²) >= 11 is 1.73. The van der Waals surface area contributed by atoms with Crippen LogP contribution in [0.5, 0.6) is 0 Å². The second-order valence-corrected chi connectivity index (χ2v) is 14.7. The van der Waals surface area contributed by atoms with E-state index in [0.29, 0.717) is 23.3 Å². The average Bonchev–Trinajstić information content (AvgIpc) is 3.85. The molecule has 0 aliphatic heterocycles. The zero-order valence-electron chi connectivity index (χ0n) is 29.8. The number of hydrogen-bond donors (Lipinski definition) is 0. The molecule has 0 unspecified atom stereocenters. The third-order valence-electron chi connectivity index (χ3n) is 10.2. The van der Waals surface area contributed by atoms with E-state index in [1.807, 2.05) is 66.7 Å². The van der Waals surface area contributed by atoms with Gasteiger partial charge in [0.2, 0.25) is 0 Å². The summed E-state index contributed by atoms with van der Waals surface area (Å²) in [7, 11) is 0. The molecular formula is C49H29N5OS. The van der Waals surface area contributed by atoms with Crippen LogP contribution in [-0.2, 0) is 0 Å². The Hall–Kier alpha value is -7.35. The van der Waals surface area contributed by atoms with Gasteiger partial charge in [0, 0.05) is 48.7 Å². The zero-order valence-corrected chi connectivity index (χ0v) is 30.6. The molecule has 0 spiro atoms. The van der Waals surface area contributed by atoms with Crippen LogP contribution in [0.2, 0.25) is 0 Å². The molecule has 0 saturated carbocycles. The lowest BCUT2D eigenvalue weighted by molar-refractivity contribution is 0.669. The van der Waals surface area contributed by atoms with Crippen LogP contribution in [-0.4, -0.2) is 24.9 Å². The number of aromatic nitrogens is 5. The van der Waals surface area contributed by atoms with Crippen LogP contribution < -0.4 is 0 Å².